The maximum atomic E-state index is 11.8. The third kappa shape index (κ3) is 3.31. The van der Waals surface area contributed by atoms with Crippen LogP contribution < -0.4 is 10.4 Å². The smallest absolute Gasteiger partial charge is 0.336 e. The number of aromatic nitrogens is 2. The fraction of sp³-hybridized carbons (Fsp3) is 0.118. The van der Waals surface area contributed by atoms with E-state index < -0.39 is 5.63 Å². The van der Waals surface area contributed by atoms with E-state index in [-0.39, 0.29) is 0 Å². The summed E-state index contributed by atoms with van der Waals surface area (Å²) in [6.07, 6.45) is 0. The number of fused-ring (bicyclic) bond motifs is 1. The van der Waals surface area contributed by atoms with Crippen LogP contribution in [0.5, 0.6) is 5.75 Å². The molecule has 0 saturated carbocycles. The maximum Gasteiger partial charge on any atom is 0.336 e. The van der Waals surface area contributed by atoms with E-state index in [9.17, 15) is 4.79 Å². The Bertz CT molecular complexity index is 1070. The van der Waals surface area contributed by atoms with Crippen LogP contribution in [0.4, 0.5) is 0 Å². The summed E-state index contributed by atoms with van der Waals surface area (Å²) in [5.41, 5.74) is 0.934. The lowest BCUT2D eigenvalue weighted by Crippen LogP contribution is -2.00. The molecule has 1 aromatic carbocycles. The summed E-state index contributed by atoms with van der Waals surface area (Å²) in [6, 6.07) is 10.7. The molecule has 6 nitrogen and oxygen atoms in total. The average molecular weight is 372 g/mol. The summed E-state index contributed by atoms with van der Waals surface area (Å²) in [5.74, 6) is 1.65. The third-order valence-electron chi connectivity index (χ3n) is 3.53. The zero-order valence-electron chi connectivity index (χ0n) is 13.1. The molecule has 0 unspecified atom stereocenters. The zero-order chi connectivity index (χ0) is 17.2. The van der Waals surface area contributed by atoms with Gasteiger partial charge in [-0.2, -0.15) is 0 Å². The van der Waals surface area contributed by atoms with Crippen molar-refractivity contribution in [3.05, 3.63) is 57.8 Å². The Hall–Kier alpha value is -2.58. The van der Waals surface area contributed by atoms with Crippen LogP contribution in [0.2, 0.25) is 0 Å². The van der Waals surface area contributed by atoms with Crippen molar-refractivity contribution in [2.75, 3.05) is 7.11 Å². The Morgan fingerprint density at radius 1 is 1.20 bits per heavy atom. The Balaban J connectivity index is 1.59. The van der Waals surface area contributed by atoms with Crippen molar-refractivity contribution in [2.45, 2.75) is 11.0 Å². The highest BCUT2D eigenvalue weighted by Gasteiger charge is 2.12. The van der Waals surface area contributed by atoms with Crippen molar-refractivity contribution in [2.24, 2.45) is 0 Å². The summed E-state index contributed by atoms with van der Waals surface area (Å²) in [7, 11) is 1.57. The molecule has 3 heterocycles. The molecule has 25 heavy (non-hydrogen) atoms. The van der Waals surface area contributed by atoms with Gasteiger partial charge in [0.05, 0.1) is 12.0 Å². The lowest BCUT2D eigenvalue weighted by atomic mass is 10.1. The van der Waals surface area contributed by atoms with Gasteiger partial charge in [0.1, 0.15) is 11.3 Å². The van der Waals surface area contributed by atoms with Crippen molar-refractivity contribution in [3.8, 4) is 16.5 Å². The van der Waals surface area contributed by atoms with Crippen LogP contribution >= 0.6 is 23.1 Å². The third-order valence-corrected chi connectivity index (χ3v) is 5.25. The molecule has 0 atom stereocenters. The van der Waals surface area contributed by atoms with E-state index in [1.807, 2.05) is 29.6 Å². The SMILES string of the molecule is COc1ccc2c(CSc3nnc(-c4cccs4)o3)cc(=O)oc2c1. The Kier molecular flexibility index (Phi) is 4.29. The minimum Gasteiger partial charge on any atom is -0.497 e. The van der Waals surface area contributed by atoms with Crippen LogP contribution in [0.25, 0.3) is 21.7 Å². The molecule has 0 radical (unpaired) electrons. The van der Waals surface area contributed by atoms with E-state index in [2.05, 4.69) is 10.2 Å². The quantitative estimate of drug-likeness (QED) is 0.384. The van der Waals surface area contributed by atoms with E-state index in [0.717, 1.165) is 15.8 Å². The number of ether oxygens (including phenoxy) is 1. The van der Waals surface area contributed by atoms with Crippen LogP contribution in [-0.4, -0.2) is 17.3 Å². The average Bonchev–Trinajstić information content (AvgIpc) is 3.30. The van der Waals surface area contributed by atoms with Gasteiger partial charge in [-0.3, -0.25) is 0 Å². The van der Waals surface area contributed by atoms with Crippen LogP contribution in [0, 0.1) is 0 Å². The van der Waals surface area contributed by atoms with E-state index in [1.54, 1.807) is 24.5 Å². The molecule has 0 bridgehead atoms. The maximum absolute atomic E-state index is 11.8. The largest absolute Gasteiger partial charge is 0.497 e. The second-order valence-electron chi connectivity index (χ2n) is 5.09. The molecule has 0 spiro atoms. The van der Waals surface area contributed by atoms with E-state index in [1.165, 1.54) is 17.8 Å². The molecular weight excluding hydrogens is 360 g/mol. The molecule has 0 aliphatic rings. The Morgan fingerprint density at radius 3 is 2.92 bits per heavy atom. The van der Waals surface area contributed by atoms with E-state index in [4.69, 9.17) is 13.6 Å². The minimum absolute atomic E-state index is 0.402. The van der Waals surface area contributed by atoms with Crippen LogP contribution in [0.15, 0.2) is 60.6 Å². The molecular formula is C17H12N2O4S2. The monoisotopic (exact) mass is 372 g/mol. The first kappa shape index (κ1) is 15.9. The normalized spacial score (nSPS) is 11.1. The van der Waals surface area contributed by atoms with Gasteiger partial charge in [-0.1, -0.05) is 17.8 Å². The predicted molar refractivity (Wildman–Crippen MR) is 96.2 cm³/mol. The minimum atomic E-state index is -0.402. The summed E-state index contributed by atoms with van der Waals surface area (Å²) >= 11 is 2.92. The fourth-order valence-electron chi connectivity index (χ4n) is 2.36. The lowest BCUT2D eigenvalue weighted by Gasteiger charge is -2.05. The summed E-state index contributed by atoms with van der Waals surface area (Å²) in [5, 5.41) is 11.4. The lowest BCUT2D eigenvalue weighted by molar-refractivity contribution is 0.414. The number of thiophene rings is 1. The van der Waals surface area contributed by atoms with E-state index in [0.29, 0.717) is 28.2 Å². The summed E-state index contributed by atoms with van der Waals surface area (Å²) in [4.78, 5) is 12.7. The highest BCUT2D eigenvalue weighted by Crippen LogP contribution is 2.30. The van der Waals surface area contributed by atoms with Gasteiger partial charge in [-0.25, -0.2) is 4.79 Å². The molecule has 8 heteroatoms. The standard InChI is InChI=1S/C17H12N2O4S2/c1-21-11-4-5-12-10(7-15(20)22-13(12)8-11)9-25-17-19-18-16(23-17)14-3-2-6-24-14/h2-8H,9H2,1H3. The van der Waals surface area contributed by atoms with Gasteiger partial charge in [0.15, 0.2) is 0 Å². The second-order valence-corrected chi connectivity index (χ2v) is 6.97. The predicted octanol–water partition coefficient (Wildman–Crippen LogP) is 4.21. The van der Waals surface area contributed by atoms with Crippen molar-refractivity contribution in [1.82, 2.24) is 10.2 Å². The number of methoxy groups -OCH3 is 1. The first-order valence-electron chi connectivity index (χ1n) is 7.34. The number of hydrogen-bond acceptors (Lipinski definition) is 8. The van der Waals surface area contributed by atoms with Gasteiger partial charge < -0.3 is 13.6 Å². The van der Waals surface area contributed by atoms with Crippen LogP contribution in [0.1, 0.15) is 5.56 Å². The number of thioether (sulfide) groups is 1. The van der Waals surface area contributed by atoms with Gasteiger partial charge in [0, 0.05) is 23.3 Å². The van der Waals surface area contributed by atoms with Gasteiger partial charge in [-0.15, -0.1) is 21.5 Å². The molecule has 0 fully saturated rings. The highest BCUT2D eigenvalue weighted by molar-refractivity contribution is 7.98. The first-order valence-corrected chi connectivity index (χ1v) is 9.20. The zero-order valence-corrected chi connectivity index (χ0v) is 14.7. The Morgan fingerprint density at radius 2 is 2.12 bits per heavy atom. The van der Waals surface area contributed by atoms with Gasteiger partial charge in [0.25, 0.3) is 11.1 Å². The first-order chi connectivity index (χ1) is 12.2. The second kappa shape index (κ2) is 6.73. The molecule has 0 aliphatic heterocycles. The molecule has 4 rings (SSSR count). The fourth-order valence-corrected chi connectivity index (χ4v) is 3.76. The van der Waals surface area contributed by atoms with Gasteiger partial charge >= 0.3 is 5.63 Å². The Labute approximate surface area is 150 Å². The number of hydrogen-bond donors (Lipinski definition) is 0. The van der Waals surface area contributed by atoms with Crippen LogP contribution in [-0.2, 0) is 5.75 Å². The summed E-state index contributed by atoms with van der Waals surface area (Å²) < 4.78 is 16.1. The van der Waals surface area contributed by atoms with Crippen LogP contribution in [0.3, 0.4) is 0 Å². The topological polar surface area (TPSA) is 78.4 Å². The van der Waals surface area contributed by atoms with Gasteiger partial charge in [0.2, 0.25) is 0 Å². The van der Waals surface area contributed by atoms with Crippen molar-refractivity contribution in [1.29, 1.82) is 0 Å². The number of benzene rings is 1. The number of rotatable bonds is 5. The molecule has 126 valence electrons. The highest BCUT2D eigenvalue weighted by atomic mass is 32.2. The van der Waals surface area contributed by atoms with Crippen molar-refractivity contribution < 1.29 is 13.6 Å². The van der Waals surface area contributed by atoms with Crippen molar-refractivity contribution in [3.63, 3.8) is 0 Å². The number of nitrogens with zero attached hydrogens (tertiary/aromatic N) is 2. The molecule has 0 aliphatic carbocycles. The van der Waals surface area contributed by atoms with E-state index >= 15 is 0 Å². The molecule has 0 amide bonds. The molecule has 3 aromatic heterocycles. The van der Waals surface area contributed by atoms with Gasteiger partial charge in [-0.05, 0) is 29.1 Å². The molecule has 0 N–H and O–H groups in total. The van der Waals surface area contributed by atoms with Crippen molar-refractivity contribution >= 4 is 34.1 Å². The molecule has 4 aromatic rings. The summed E-state index contributed by atoms with van der Waals surface area (Å²) in [6.45, 7) is 0. The molecule has 0 saturated heterocycles.